The molecule has 1 saturated heterocycles. The SMILES string of the molecule is CC1SCCN(CCCc2ccccc2N)C1C. The van der Waals surface area contributed by atoms with Crippen molar-refractivity contribution in [1.29, 1.82) is 0 Å². The summed E-state index contributed by atoms with van der Waals surface area (Å²) in [7, 11) is 0. The summed E-state index contributed by atoms with van der Waals surface area (Å²) < 4.78 is 0. The number of hydrogen-bond donors (Lipinski definition) is 1. The molecule has 1 heterocycles. The molecule has 0 spiro atoms. The van der Waals surface area contributed by atoms with Crippen LogP contribution in [0, 0.1) is 0 Å². The zero-order valence-electron chi connectivity index (χ0n) is 11.4. The summed E-state index contributed by atoms with van der Waals surface area (Å²) in [6, 6.07) is 8.93. The van der Waals surface area contributed by atoms with Crippen molar-refractivity contribution in [3.63, 3.8) is 0 Å². The Morgan fingerprint density at radius 1 is 1.33 bits per heavy atom. The molecule has 0 amide bonds. The standard InChI is InChI=1S/C15H24N2S/c1-12-13(2)18-11-10-17(12)9-5-7-14-6-3-4-8-15(14)16/h3-4,6,8,12-13H,5,7,9-11,16H2,1-2H3. The first kappa shape index (κ1) is 13.8. The van der Waals surface area contributed by atoms with Crippen LogP contribution in [0.25, 0.3) is 0 Å². The van der Waals surface area contributed by atoms with Gasteiger partial charge in [0.1, 0.15) is 0 Å². The molecule has 100 valence electrons. The quantitative estimate of drug-likeness (QED) is 0.848. The number of nitrogen functional groups attached to an aromatic ring is 1. The number of aryl methyl sites for hydroxylation is 1. The van der Waals surface area contributed by atoms with E-state index in [2.05, 4.69) is 42.6 Å². The number of nitrogens with zero attached hydrogens (tertiary/aromatic N) is 1. The number of thioether (sulfide) groups is 1. The maximum atomic E-state index is 5.97. The van der Waals surface area contributed by atoms with Gasteiger partial charge in [-0.1, -0.05) is 25.1 Å². The molecule has 1 fully saturated rings. The molecule has 0 aliphatic carbocycles. The normalized spacial score (nSPS) is 25.2. The topological polar surface area (TPSA) is 29.3 Å². The summed E-state index contributed by atoms with van der Waals surface area (Å²) in [5.41, 5.74) is 8.21. The second-order valence-corrected chi connectivity index (χ2v) is 6.64. The van der Waals surface area contributed by atoms with Gasteiger partial charge in [-0.25, -0.2) is 0 Å². The average Bonchev–Trinajstić information content (AvgIpc) is 2.37. The Morgan fingerprint density at radius 2 is 2.11 bits per heavy atom. The van der Waals surface area contributed by atoms with Crippen LogP contribution in [0.4, 0.5) is 5.69 Å². The van der Waals surface area contributed by atoms with Crippen molar-refractivity contribution in [2.75, 3.05) is 24.6 Å². The van der Waals surface area contributed by atoms with E-state index in [0.717, 1.165) is 17.4 Å². The summed E-state index contributed by atoms with van der Waals surface area (Å²) in [5.74, 6) is 1.28. The number of rotatable bonds is 4. The first-order valence-electron chi connectivity index (χ1n) is 6.87. The molecule has 2 atom stereocenters. The average molecular weight is 264 g/mol. The lowest BCUT2D eigenvalue weighted by Crippen LogP contribution is -2.45. The van der Waals surface area contributed by atoms with Gasteiger partial charge < -0.3 is 5.73 Å². The Hall–Kier alpha value is -0.670. The van der Waals surface area contributed by atoms with E-state index in [1.807, 2.05) is 12.1 Å². The third kappa shape index (κ3) is 3.42. The Labute approximate surface area is 115 Å². The predicted octanol–water partition coefficient (Wildman–Crippen LogP) is 3.03. The van der Waals surface area contributed by atoms with Gasteiger partial charge in [0.05, 0.1) is 0 Å². The lowest BCUT2D eigenvalue weighted by molar-refractivity contribution is 0.211. The highest BCUT2D eigenvalue weighted by atomic mass is 32.2. The van der Waals surface area contributed by atoms with Crippen LogP contribution in [-0.4, -0.2) is 35.0 Å². The summed E-state index contributed by atoms with van der Waals surface area (Å²) in [5, 5.41) is 0.764. The van der Waals surface area contributed by atoms with Crippen molar-refractivity contribution in [2.45, 2.75) is 38.0 Å². The lowest BCUT2D eigenvalue weighted by Gasteiger charge is -2.37. The van der Waals surface area contributed by atoms with Crippen molar-refractivity contribution < 1.29 is 0 Å². The lowest BCUT2D eigenvalue weighted by atomic mass is 10.1. The van der Waals surface area contributed by atoms with Crippen LogP contribution in [0.3, 0.4) is 0 Å². The number of para-hydroxylation sites is 1. The fraction of sp³-hybridized carbons (Fsp3) is 0.600. The fourth-order valence-corrected chi connectivity index (χ4v) is 3.71. The van der Waals surface area contributed by atoms with E-state index in [-0.39, 0.29) is 0 Å². The first-order valence-corrected chi connectivity index (χ1v) is 7.92. The van der Waals surface area contributed by atoms with E-state index < -0.39 is 0 Å². The Kier molecular flexibility index (Phi) is 4.95. The maximum Gasteiger partial charge on any atom is 0.0346 e. The molecule has 0 bridgehead atoms. The molecule has 1 aromatic carbocycles. The second-order valence-electron chi connectivity index (χ2n) is 5.15. The Morgan fingerprint density at radius 3 is 2.89 bits per heavy atom. The van der Waals surface area contributed by atoms with Crippen LogP contribution in [0.1, 0.15) is 25.8 Å². The smallest absolute Gasteiger partial charge is 0.0346 e. The summed E-state index contributed by atoms with van der Waals surface area (Å²) in [6.07, 6.45) is 2.30. The van der Waals surface area contributed by atoms with Crippen molar-refractivity contribution in [1.82, 2.24) is 4.90 Å². The minimum atomic E-state index is 0.705. The van der Waals surface area contributed by atoms with E-state index in [9.17, 15) is 0 Å². The molecule has 0 saturated carbocycles. The first-order chi connectivity index (χ1) is 8.68. The number of benzene rings is 1. The summed E-state index contributed by atoms with van der Waals surface area (Å²) in [6.45, 7) is 7.13. The Bertz CT molecular complexity index is 381. The molecule has 2 nitrogen and oxygen atoms in total. The van der Waals surface area contributed by atoms with Crippen LogP contribution in [0.2, 0.25) is 0 Å². The van der Waals surface area contributed by atoms with Gasteiger partial charge in [0.15, 0.2) is 0 Å². The third-order valence-electron chi connectivity index (χ3n) is 3.96. The maximum absolute atomic E-state index is 5.97. The molecule has 2 rings (SSSR count). The molecule has 3 heteroatoms. The van der Waals surface area contributed by atoms with Crippen molar-refractivity contribution >= 4 is 17.4 Å². The number of anilines is 1. The van der Waals surface area contributed by atoms with Crippen LogP contribution in [0.5, 0.6) is 0 Å². The highest BCUT2D eigenvalue weighted by molar-refractivity contribution is 8.00. The van der Waals surface area contributed by atoms with E-state index in [0.29, 0.717) is 6.04 Å². The minimum Gasteiger partial charge on any atom is -0.399 e. The molecule has 1 aliphatic rings. The Balaban J connectivity index is 1.80. The van der Waals surface area contributed by atoms with Gasteiger partial charge in [0.25, 0.3) is 0 Å². The van der Waals surface area contributed by atoms with E-state index in [4.69, 9.17) is 5.73 Å². The molecule has 18 heavy (non-hydrogen) atoms. The second kappa shape index (κ2) is 6.48. The molecule has 0 radical (unpaired) electrons. The highest BCUT2D eigenvalue weighted by Crippen LogP contribution is 2.24. The zero-order chi connectivity index (χ0) is 13.0. The molecule has 1 aromatic rings. The van der Waals surface area contributed by atoms with Crippen molar-refractivity contribution in [3.05, 3.63) is 29.8 Å². The molecule has 1 aliphatic heterocycles. The fourth-order valence-electron chi connectivity index (χ4n) is 2.55. The van der Waals surface area contributed by atoms with Gasteiger partial charge in [-0.05, 0) is 37.9 Å². The zero-order valence-corrected chi connectivity index (χ0v) is 12.2. The van der Waals surface area contributed by atoms with E-state index in [1.54, 1.807) is 0 Å². The van der Waals surface area contributed by atoms with E-state index >= 15 is 0 Å². The van der Waals surface area contributed by atoms with Gasteiger partial charge in [-0.15, -0.1) is 0 Å². The van der Waals surface area contributed by atoms with Gasteiger partial charge in [0.2, 0.25) is 0 Å². The minimum absolute atomic E-state index is 0.705. The molecule has 2 unspecified atom stereocenters. The summed E-state index contributed by atoms with van der Waals surface area (Å²) >= 11 is 2.10. The molecular weight excluding hydrogens is 240 g/mol. The predicted molar refractivity (Wildman–Crippen MR) is 82.1 cm³/mol. The van der Waals surface area contributed by atoms with Gasteiger partial charge >= 0.3 is 0 Å². The number of nitrogens with two attached hydrogens (primary N) is 1. The molecule has 2 N–H and O–H groups in total. The highest BCUT2D eigenvalue weighted by Gasteiger charge is 2.24. The van der Waals surface area contributed by atoms with E-state index in [1.165, 1.54) is 30.8 Å². The van der Waals surface area contributed by atoms with Crippen LogP contribution >= 0.6 is 11.8 Å². The molecular formula is C15H24N2S. The van der Waals surface area contributed by atoms with Crippen molar-refractivity contribution in [3.8, 4) is 0 Å². The van der Waals surface area contributed by atoms with Gasteiger partial charge in [-0.3, -0.25) is 4.90 Å². The van der Waals surface area contributed by atoms with Gasteiger partial charge in [0, 0.05) is 29.3 Å². The monoisotopic (exact) mass is 264 g/mol. The molecule has 0 aromatic heterocycles. The van der Waals surface area contributed by atoms with Crippen LogP contribution in [-0.2, 0) is 6.42 Å². The number of hydrogen-bond acceptors (Lipinski definition) is 3. The summed E-state index contributed by atoms with van der Waals surface area (Å²) in [4.78, 5) is 2.63. The largest absolute Gasteiger partial charge is 0.399 e. The van der Waals surface area contributed by atoms with Crippen molar-refractivity contribution in [2.24, 2.45) is 0 Å². The van der Waals surface area contributed by atoms with Crippen LogP contribution < -0.4 is 5.73 Å². The van der Waals surface area contributed by atoms with Gasteiger partial charge in [-0.2, -0.15) is 11.8 Å². The third-order valence-corrected chi connectivity index (χ3v) is 5.30. The van der Waals surface area contributed by atoms with Crippen LogP contribution in [0.15, 0.2) is 24.3 Å².